The van der Waals surface area contributed by atoms with Gasteiger partial charge in [0.05, 0.1) is 9.52 Å². The fourth-order valence-electron chi connectivity index (χ4n) is 2.62. The Balaban J connectivity index is 2.00. The number of carboxylic acid groups (broad SMARTS) is 1. The third-order valence-corrected chi connectivity index (χ3v) is 5.31. The first-order chi connectivity index (χ1) is 13.0. The molecular weight excluding hydrogens is 374 g/mol. The molecule has 2 aromatic carbocycles. The normalized spacial score (nSPS) is 12.3. The summed E-state index contributed by atoms with van der Waals surface area (Å²) in [5.41, 5.74) is 2.33. The van der Waals surface area contributed by atoms with Crippen LogP contribution in [0.5, 0.6) is 5.75 Å². The van der Waals surface area contributed by atoms with Crippen LogP contribution in [0.3, 0.4) is 0 Å². The zero-order valence-electron chi connectivity index (χ0n) is 16.4. The number of aliphatic carboxylic acids is 1. The SMILES string of the molecule is Cc1cc(O)ccc1-c1ccc(C[Si][C@H](NC(=O)OC(C)(C)C)C(=O)O)cc1. The lowest BCUT2D eigenvalue weighted by molar-refractivity contribution is -0.137. The number of ether oxygens (including phenoxy) is 1. The number of amides is 1. The van der Waals surface area contributed by atoms with Crippen molar-refractivity contribution in [1.29, 1.82) is 0 Å². The van der Waals surface area contributed by atoms with Crippen LogP contribution in [-0.2, 0) is 15.6 Å². The van der Waals surface area contributed by atoms with Crippen molar-refractivity contribution in [3.63, 3.8) is 0 Å². The van der Waals surface area contributed by atoms with E-state index in [-0.39, 0.29) is 15.3 Å². The molecule has 0 aromatic heterocycles. The van der Waals surface area contributed by atoms with Crippen LogP contribution < -0.4 is 5.32 Å². The van der Waals surface area contributed by atoms with E-state index in [0.29, 0.717) is 6.04 Å². The lowest BCUT2D eigenvalue weighted by atomic mass is 9.99. The van der Waals surface area contributed by atoms with E-state index in [1.807, 2.05) is 37.3 Å². The molecule has 148 valence electrons. The van der Waals surface area contributed by atoms with E-state index in [2.05, 4.69) is 5.32 Å². The summed E-state index contributed by atoms with van der Waals surface area (Å²) >= 11 is 0. The number of carbonyl (C=O) groups excluding carboxylic acids is 1. The van der Waals surface area contributed by atoms with Gasteiger partial charge < -0.3 is 20.3 Å². The molecule has 2 radical (unpaired) electrons. The quantitative estimate of drug-likeness (QED) is 0.646. The summed E-state index contributed by atoms with van der Waals surface area (Å²) in [6, 6.07) is 13.6. The van der Waals surface area contributed by atoms with Crippen molar-refractivity contribution < 1.29 is 24.5 Å². The van der Waals surface area contributed by atoms with Gasteiger partial charge in [0, 0.05) is 0 Å². The number of hydrogen-bond acceptors (Lipinski definition) is 4. The van der Waals surface area contributed by atoms with Crippen molar-refractivity contribution in [1.82, 2.24) is 5.32 Å². The Morgan fingerprint density at radius 2 is 1.79 bits per heavy atom. The Bertz CT molecular complexity index is 843. The predicted molar refractivity (Wildman–Crippen MR) is 109 cm³/mol. The molecule has 0 aliphatic carbocycles. The third kappa shape index (κ3) is 6.42. The second kappa shape index (κ2) is 8.92. The van der Waals surface area contributed by atoms with E-state index in [1.54, 1.807) is 32.9 Å². The molecule has 0 aliphatic heterocycles. The van der Waals surface area contributed by atoms with Gasteiger partial charge in [-0.1, -0.05) is 35.9 Å². The van der Waals surface area contributed by atoms with Crippen molar-refractivity contribution in [3.05, 3.63) is 53.6 Å². The molecule has 0 spiro atoms. The molecule has 0 saturated heterocycles. The molecule has 2 aromatic rings. The second-order valence-corrected chi connectivity index (χ2v) is 8.83. The highest BCUT2D eigenvalue weighted by molar-refractivity contribution is 6.43. The van der Waals surface area contributed by atoms with Crippen molar-refractivity contribution in [2.45, 2.75) is 45.0 Å². The predicted octanol–water partition coefficient (Wildman–Crippen LogP) is 3.51. The number of benzene rings is 2. The van der Waals surface area contributed by atoms with Gasteiger partial charge >= 0.3 is 12.1 Å². The van der Waals surface area contributed by atoms with Gasteiger partial charge in [-0.25, -0.2) is 4.79 Å². The minimum absolute atomic E-state index is 0.0250. The highest BCUT2D eigenvalue weighted by Crippen LogP contribution is 2.26. The van der Waals surface area contributed by atoms with Gasteiger partial charge in [0.15, 0.2) is 0 Å². The second-order valence-electron chi connectivity index (χ2n) is 7.49. The molecular formula is C21H25NO5Si. The third-order valence-electron chi connectivity index (χ3n) is 3.89. The Kier molecular flexibility index (Phi) is 6.85. The molecule has 0 unspecified atom stereocenters. The van der Waals surface area contributed by atoms with E-state index in [4.69, 9.17) is 4.74 Å². The van der Waals surface area contributed by atoms with Gasteiger partial charge in [0.25, 0.3) is 0 Å². The van der Waals surface area contributed by atoms with Crippen LogP contribution in [0.25, 0.3) is 11.1 Å². The number of aryl methyl sites for hydroxylation is 1. The van der Waals surface area contributed by atoms with Crippen LogP contribution in [0.1, 0.15) is 31.9 Å². The minimum atomic E-state index is -1.08. The van der Waals surface area contributed by atoms with Crippen molar-refractivity contribution in [2.24, 2.45) is 0 Å². The fourth-order valence-corrected chi connectivity index (χ4v) is 3.69. The summed E-state index contributed by atoms with van der Waals surface area (Å²) in [5.74, 6) is -0.850. The van der Waals surface area contributed by atoms with Gasteiger partial charge in [-0.3, -0.25) is 4.79 Å². The van der Waals surface area contributed by atoms with E-state index < -0.39 is 23.3 Å². The molecule has 2 rings (SSSR count). The van der Waals surface area contributed by atoms with Crippen molar-refractivity contribution in [2.75, 3.05) is 0 Å². The maximum atomic E-state index is 11.8. The van der Waals surface area contributed by atoms with Crippen LogP contribution in [0, 0.1) is 6.92 Å². The highest BCUT2D eigenvalue weighted by atomic mass is 28.2. The summed E-state index contributed by atoms with van der Waals surface area (Å²) in [4.78, 5) is 23.3. The lowest BCUT2D eigenvalue weighted by Gasteiger charge is -2.21. The number of alkyl carbamates (subject to hydrolysis) is 1. The average molecular weight is 400 g/mol. The summed E-state index contributed by atoms with van der Waals surface area (Å²) in [6.45, 7) is 7.11. The van der Waals surface area contributed by atoms with Crippen LogP contribution in [-0.4, -0.2) is 43.1 Å². The molecule has 7 heteroatoms. The molecule has 0 aliphatic rings. The van der Waals surface area contributed by atoms with E-state index in [1.165, 1.54) is 0 Å². The van der Waals surface area contributed by atoms with Gasteiger partial charge in [0.2, 0.25) is 0 Å². The Morgan fingerprint density at radius 3 is 2.32 bits per heavy atom. The summed E-state index contributed by atoms with van der Waals surface area (Å²) in [7, 11) is -0.0250. The average Bonchev–Trinajstić information content (AvgIpc) is 2.57. The van der Waals surface area contributed by atoms with Crippen molar-refractivity contribution >= 4 is 21.6 Å². The number of nitrogens with one attached hydrogen (secondary N) is 1. The summed E-state index contributed by atoms with van der Waals surface area (Å²) in [5, 5.41) is 21.3. The number of rotatable bonds is 6. The topological polar surface area (TPSA) is 95.9 Å². The molecule has 1 atom stereocenters. The molecule has 3 N–H and O–H groups in total. The molecule has 0 heterocycles. The molecule has 1 amide bonds. The molecule has 0 bridgehead atoms. The first-order valence-electron chi connectivity index (χ1n) is 8.90. The number of carbonyl (C=O) groups is 2. The number of phenols is 1. The zero-order chi connectivity index (χ0) is 20.9. The zero-order valence-corrected chi connectivity index (χ0v) is 17.4. The summed E-state index contributed by atoms with van der Waals surface area (Å²) < 4.78 is 5.13. The monoisotopic (exact) mass is 399 g/mol. The lowest BCUT2D eigenvalue weighted by Crippen LogP contribution is -2.47. The van der Waals surface area contributed by atoms with Gasteiger partial charge in [-0.2, -0.15) is 0 Å². The van der Waals surface area contributed by atoms with Gasteiger partial charge in [-0.15, -0.1) is 0 Å². The van der Waals surface area contributed by atoms with Crippen molar-refractivity contribution in [3.8, 4) is 16.9 Å². The van der Waals surface area contributed by atoms with Crippen LogP contribution in [0.2, 0.25) is 0 Å². The smallest absolute Gasteiger partial charge is 0.408 e. The Labute approximate surface area is 167 Å². The van der Waals surface area contributed by atoms with Crippen LogP contribution in [0.4, 0.5) is 4.79 Å². The number of aromatic hydroxyl groups is 1. The first-order valence-corrected chi connectivity index (χ1v) is 10.2. The van der Waals surface area contributed by atoms with Crippen LogP contribution >= 0.6 is 0 Å². The summed E-state index contributed by atoms with van der Waals surface area (Å²) in [6.07, 6.45) is -0.731. The first kappa shape index (κ1) is 21.5. The Hall–Kier alpha value is -2.80. The largest absolute Gasteiger partial charge is 0.508 e. The maximum Gasteiger partial charge on any atom is 0.408 e. The molecule has 0 fully saturated rings. The molecule has 6 nitrogen and oxygen atoms in total. The Morgan fingerprint density at radius 1 is 1.14 bits per heavy atom. The van der Waals surface area contributed by atoms with Gasteiger partial charge in [0.1, 0.15) is 17.0 Å². The number of phenolic OH excluding ortho intramolecular Hbond substituents is 1. The van der Waals surface area contributed by atoms with E-state index in [0.717, 1.165) is 22.3 Å². The highest BCUT2D eigenvalue weighted by Gasteiger charge is 2.24. The maximum absolute atomic E-state index is 11.8. The van der Waals surface area contributed by atoms with Gasteiger partial charge in [-0.05, 0) is 62.6 Å². The standard InChI is InChI=1S/C21H25NO5Si/c1-13-11-16(23)9-10-17(13)15-7-5-14(6-8-15)12-28-18(19(24)25)22-20(26)27-21(2,3)4/h5-11,18,23H,12H2,1-4H3,(H,22,26)(H,24,25)/t18-/m0/s1. The number of hydrogen-bond donors (Lipinski definition) is 3. The molecule has 0 saturated carbocycles. The number of carboxylic acids is 1. The fraction of sp³-hybridized carbons (Fsp3) is 0.333. The molecule has 28 heavy (non-hydrogen) atoms. The van der Waals surface area contributed by atoms with E-state index in [9.17, 15) is 19.8 Å². The minimum Gasteiger partial charge on any atom is -0.508 e. The van der Waals surface area contributed by atoms with Crippen LogP contribution in [0.15, 0.2) is 42.5 Å². The van der Waals surface area contributed by atoms with E-state index >= 15 is 0 Å².